The molecule has 0 aliphatic heterocycles. The fourth-order valence-corrected chi connectivity index (χ4v) is 2.06. The number of halogens is 1. The molecule has 7 nitrogen and oxygen atoms in total. The first-order valence-corrected chi connectivity index (χ1v) is 6.45. The van der Waals surface area contributed by atoms with E-state index in [9.17, 15) is 9.18 Å². The number of nitrogens with one attached hydrogen (secondary N) is 1. The SMILES string of the molecule is Nc1nc(Cc2ccc(C(=O)OCF)cc2)nc2nc[nH]c12. The van der Waals surface area contributed by atoms with Crippen LogP contribution in [0.4, 0.5) is 10.2 Å². The highest BCUT2D eigenvalue weighted by Gasteiger charge is 2.10. The van der Waals surface area contributed by atoms with Gasteiger partial charge in [-0.05, 0) is 17.7 Å². The molecule has 0 radical (unpaired) electrons. The van der Waals surface area contributed by atoms with E-state index < -0.39 is 12.8 Å². The Kier molecular flexibility index (Phi) is 3.65. The molecule has 0 saturated heterocycles. The van der Waals surface area contributed by atoms with E-state index in [2.05, 4.69) is 24.7 Å². The summed E-state index contributed by atoms with van der Waals surface area (Å²) in [5.41, 5.74) is 8.11. The first kappa shape index (κ1) is 13.9. The summed E-state index contributed by atoms with van der Waals surface area (Å²) in [6, 6.07) is 6.57. The number of aromatic nitrogens is 4. The lowest BCUT2D eigenvalue weighted by Gasteiger charge is -2.04. The van der Waals surface area contributed by atoms with Crippen molar-refractivity contribution in [3.8, 4) is 0 Å². The molecule has 2 aromatic heterocycles. The number of nitrogen functional groups attached to an aromatic ring is 1. The highest BCUT2D eigenvalue weighted by atomic mass is 19.1. The molecule has 0 atom stereocenters. The summed E-state index contributed by atoms with van der Waals surface area (Å²) in [6.45, 7) is -1.14. The molecule has 1 aromatic carbocycles. The zero-order chi connectivity index (χ0) is 15.5. The van der Waals surface area contributed by atoms with Crippen LogP contribution >= 0.6 is 0 Å². The maximum Gasteiger partial charge on any atom is 0.340 e. The number of nitrogens with zero attached hydrogens (tertiary/aromatic N) is 3. The lowest BCUT2D eigenvalue weighted by molar-refractivity contribution is 0.0324. The topological polar surface area (TPSA) is 107 Å². The molecule has 0 aliphatic rings. The molecule has 0 amide bonds. The fraction of sp³-hybridized carbons (Fsp3) is 0.143. The maximum absolute atomic E-state index is 12.0. The maximum atomic E-state index is 12.0. The van der Waals surface area contributed by atoms with Gasteiger partial charge in [0.2, 0.25) is 6.86 Å². The molecule has 0 unspecified atom stereocenters. The second-order valence-corrected chi connectivity index (χ2v) is 4.54. The van der Waals surface area contributed by atoms with Gasteiger partial charge in [0.05, 0.1) is 11.9 Å². The van der Waals surface area contributed by atoms with E-state index in [0.717, 1.165) is 5.56 Å². The van der Waals surface area contributed by atoms with Crippen LogP contribution in [0.5, 0.6) is 0 Å². The first-order chi connectivity index (χ1) is 10.7. The summed E-state index contributed by atoms with van der Waals surface area (Å²) in [6.07, 6.45) is 1.94. The molecule has 0 bridgehead atoms. The predicted molar refractivity (Wildman–Crippen MR) is 76.7 cm³/mol. The molecule has 3 rings (SSSR count). The lowest BCUT2D eigenvalue weighted by atomic mass is 10.1. The number of nitrogens with two attached hydrogens (primary N) is 1. The fourth-order valence-electron chi connectivity index (χ4n) is 2.06. The molecular formula is C14H12FN5O2. The van der Waals surface area contributed by atoms with Crippen molar-refractivity contribution in [2.75, 3.05) is 12.6 Å². The average Bonchev–Trinajstić information content (AvgIpc) is 2.97. The number of aromatic amines is 1. The second-order valence-electron chi connectivity index (χ2n) is 4.54. The van der Waals surface area contributed by atoms with Gasteiger partial charge < -0.3 is 15.5 Å². The van der Waals surface area contributed by atoms with Gasteiger partial charge >= 0.3 is 5.97 Å². The third kappa shape index (κ3) is 2.71. The molecule has 2 heterocycles. The molecule has 3 aromatic rings. The van der Waals surface area contributed by atoms with Crippen molar-refractivity contribution in [1.82, 2.24) is 19.9 Å². The van der Waals surface area contributed by atoms with Crippen LogP contribution in [0.3, 0.4) is 0 Å². The molecule has 0 fully saturated rings. The number of alkyl halides is 1. The van der Waals surface area contributed by atoms with Crippen molar-refractivity contribution in [2.24, 2.45) is 0 Å². The normalized spacial score (nSPS) is 10.8. The number of H-pyrrole nitrogens is 1. The van der Waals surface area contributed by atoms with E-state index >= 15 is 0 Å². The second kappa shape index (κ2) is 5.76. The minimum absolute atomic E-state index is 0.282. The van der Waals surface area contributed by atoms with E-state index in [1.807, 2.05) is 0 Å². The summed E-state index contributed by atoms with van der Waals surface area (Å²) in [5, 5.41) is 0. The number of imidazole rings is 1. The number of carbonyl (C=O) groups is 1. The molecule has 0 spiro atoms. The number of ether oxygens (including phenoxy) is 1. The zero-order valence-corrected chi connectivity index (χ0v) is 11.4. The molecule has 0 aliphatic carbocycles. The highest BCUT2D eigenvalue weighted by Crippen LogP contribution is 2.15. The Balaban J connectivity index is 1.81. The number of hydrogen-bond donors (Lipinski definition) is 2. The van der Waals surface area contributed by atoms with Gasteiger partial charge in [-0.3, -0.25) is 0 Å². The molecule has 0 saturated carbocycles. The monoisotopic (exact) mass is 301 g/mol. The lowest BCUT2D eigenvalue weighted by Crippen LogP contribution is -2.05. The van der Waals surface area contributed by atoms with Crippen LogP contribution in [0.15, 0.2) is 30.6 Å². The number of fused-ring (bicyclic) bond motifs is 1. The first-order valence-electron chi connectivity index (χ1n) is 6.45. The molecular weight excluding hydrogens is 289 g/mol. The predicted octanol–water partition coefficient (Wildman–Crippen LogP) is 1.61. The van der Waals surface area contributed by atoms with Gasteiger partial charge in [0.15, 0.2) is 11.5 Å². The summed E-state index contributed by atoms with van der Waals surface area (Å²) < 4.78 is 16.2. The third-order valence-corrected chi connectivity index (χ3v) is 3.10. The van der Waals surface area contributed by atoms with E-state index in [1.54, 1.807) is 24.3 Å². The minimum Gasteiger partial charge on any atom is -0.430 e. The quantitative estimate of drug-likeness (QED) is 0.709. The largest absolute Gasteiger partial charge is 0.430 e. The smallest absolute Gasteiger partial charge is 0.340 e. The van der Waals surface area contributed by atoms with Crippen LogP contribution in [0.25, 0.3) is 11.2 Å². The third-order valence-electron chi connectivity index (χ3n) is 3.10. The standard InChI is InChI=1S/C14H12FN5O2/c15-6-22-14(21)9-3-1-8(2-4-9)5-10-19-12(16)11-13(20-10)18-7-17-11/h1-4,7H,5-6H2,(H3,16,17,18,19,20). The minimum atomic E-state index is -1.14. The summed E-state index contributed by atoms with van der Waals surface area (Å²) in [4.78, 5) is 26.8. The number of benzene rings is 1. The van der Waals surface area contributed by atoms with Crippen LogP contribution in [-0.4, -0.2) is 32.8 Å². The molecule has 3 N–H and O–H groups in total. The van der Waals surface area contributed by atoms with Crippen LogP contribution in [0.2, 0.25) is 0 Å². The van der Waals surface area contributed by atoms with Gasteiger partial charge in [0.1, 0.15) is 11.3 Å². The average molecular weight is 301 g/mol. The number of hydrogen-bond acceptors (Lipinski definition) is 6. The van der Waals surface area contributed by atoms with Gasteiger partial charge in [-0.15, -0.1) is 0 Å². The van der Waals surface area contributed by atoms with Crippen molar-refractivity contribution >= 4 is 23.0 Å². The molecule has 22 heavy (non-hydrogen) atoms. The van der Waals surface area contributed by atoms with Gasteiger partial charge in [-0.2, -0.15) is 0 Å². The van der Waals surface area contributed by atoms with Gasteiger partial charge in [0, 0.05) is 6.42 Å². The summed E-state index contributed by atoms with van der Waals surface area (Å²) >= 11 is 0. The molecule has 8 heteroatoms. The Labute approximate surface area is 124 Å². The Morgan fingerprint density at radius 1 is 1.27 bits per heavy atom. The Morgan fingerprint density at radius 3 is 2.77 bits per heavy atom. The number of anilines is 1. The van der Waals surface area contributed by atoms with Gasteiger partial charge in [-0.1, -0.05) is 12.1 Å². The van der Waals surface area contributed by atoms with Crippen LogP contribution in [-0.2, 0) is 11.2 Å². The van der Waals surface area contributed by atoms with Crippen molar-refractivity contribution < 1.29 is 13.9 Å². The van der Waals surface area contributed by atoms with E-state index in [1.165, 1.54) is 6.33 Å². The van der Waals surface area contributed by atoms with Gasteiger partial charge in [-0.25, -0.2) is 24.1 Å². The van der Waals surface area contributed by atoms with Crippen LogP contribution in [0.1, 0.15) is 21.7 Å². The van der Waals surface area contributed by atoms with Crippen molar-refractivity contribution in [3.05, 3.63) is 47.5 Å². The summed E-state index contributed by atoms with van der Waals surface area (Å²) in [7, 11) is 0. The Hall–Kier alpha value is -3.03. The Bertz CT molecular complexity index is 816. The highest BCUT2D eigenvalue weighted by molar-refractivity contribution is 5.89. The number of esters is 1. The van der Waals surface area contributed by atoms with Gasteiger partial charge in [0.25, 0.3) is 0 Å². The van der Waals surface area contributed by atoms with E-state index in [0.29, 0.717) is 29.2 Å². The summed E-state index contributed by atoms with van der Waals surface area (Å²) in [5.74, 6) is 0.157. The van der Waals surface area contributed by atoms with Crippen LogP contribution < -0.4 is 5.73 Å². The van der Waals surface area contributed by atoms with E-state index in [4.69, 9.17) is 5.73 Å². The van der Waals surface area contributed by atoms with Crippen molar-refractivity contribution in [3.63, 3.8) is 0 Å². The molecule has 112 valence electrons. The van der Waals surface area contributed by atoms with Crippen LogP contribution in [0, 0.1) is 0 Å². The van der Waals surface area contributed by atoms with Crippen molar-refractivity contribution in [2.45, 2.75) is 6.42 Å². The zero-order valence-electron chi connectivity index (χ0n) is 11.4. The Morgan fingerprint density at radius 2 is 2.05 bits per heavy atom. The van der Waals surface area contributed by atoms with Crippen molar-refractivity contribution in [1.29, 1.82) is 0 Å². The number of rotatable bonds is 4. The number of carbonyl (C=O) groups excluding carboxylic acids is 1. The van der Waals surface area contributed by atoms with E-state index in [-0.39, 0.29) is 5.56 Å².